The number of sulfone groups is 1. The van der Waals surface area contributed by atoms with Crippen LogP contribution in [0.4, 0.5) is 5.69 Å². The van der Waals surface area contributed by atoms with Gasteiger partial charge in [-0.2, -0.15) is 0 Å². The van der Waals surface area contributed by atoms with E-state index in [9.17, 15) is 8.42 Å². The van der Waals surface area contributed by atoms with E-state index in [2.05, 4.69) is 21.2 Å². The molecule has 2 aromatic carbocycles. The second-order valence-corrected chi connectivity index (χ2v) is 7.64. The van der Waals surface area contributed by atoms with Gasteiger partial charge < -0.3 is 5.32 Å². The summed E-state index contributed by atoms with van der Waals surface area (Å²) in [5.41, 5.74) is 1.67. The highest BCUT2D eigenvalue weighted by Gasteiger charge is 2.10. The molecule has 6 heteroatoms. The van der Waals surface area contributed by atoms with Crippen LogP contribution in [0.25, 0.3) is 0 Å². The average molecular weight is 375 g/mol. The number of benzene rings is 2. The van der Waals surface area contributed by atoms with Crippen LogP contribution >= 0.6 is 27.5 Å². The topological polar surface area (TPSA) is 46.2 Å². The molecule has 0 aliphatic rings. The molecule has 0 bridgehead atoms. The monoisotopic (exact) mass is 373 g/mol. The summed E-state index contributed by atoms with van der Waals surface area (Å²) >= 11 is 9.55. The molecule has 0 spiro atoms. The zero-order valence-corrected chi connectivity index (χ0v) is 13.9. The second-order valence-electron chi connectivity index (χ2n) is 4.36. The molecule has 0 aliphatic carbocycles. The summed E-state index contributed by atoms with van der Waals surface area (Å²) in [5.74, 6) is 0. The lowest BCUT2D eigenvalue weighted by molar-refractivity contribution is 0.602. The van der Waals surface area contributed by atoms with Gasteiger partial charge in [0.05, 0.1) is 15.6 Å². The Labute approximate surface area is 132 Å². The standard InChI is InChI=1S/C14H13BrClNO2S/c1-20(18,19)11-6-7-13(16)14(8-11)17-9-10-4-2-3-5-12(10)15/h2-8,17H,9H2,1H3. The Morgan fingerprint density at radius 3 is 2.55 bits per heavy atom. The molecular weight excluding hydrogens is 362 g/mol. The normalized spacial score (nSPS) is 11.3. The van der Waals surface area contributed by atoms with Gasteiger partial charge in [-0.05, 0) is 29.8 Å². The molecule has 0 atom stereocenters. The van der Waals surface area contributed by atoms with Crippen molar-refractivity contribution >= 4 is 43.1 Å². The number of rotatable bonds is 4. The Balaban J connectivity index is 2.24. The summed E-state index contributed by atoms with van der Waals surface area (Å²) in [6.45, 7) is 0.550. The average Bonchev–Trinajstić information content (AvgIpc) is 2.38. The molecule has 0 heterocycles. The van der Waals surface area contributed by atoms with E-state index in [-0.39, 0.29) is 4.90 Å². The van der Waals surface area contributed by atoms with E-state index in [1.165, 1.54) is 12.3 Å². The lowest BCUT2D eigenvalue weighted by Crippen LogP contribution is -2.03. The zero-order valence-electron chi connectivity index (χ0n) is 10.7. The van der Waals surface area contributed by atoms with Crippen molar-refractivity contribution in [3.05, 3.63) is 57.5 Å². The Kier molecular flexibility index (Phi) is 4.73. The highest BCUT2D eigenvalue weighted by molar-refractivity contribution is 9.10. The molecule has 0 unspecified atom stereocenters. The first kappa shape index (κ1) is 15.4. The predicted octanol–water partition coefficient (Wildman–Crippen LogP) is 4.12. The number of nitrogens with one attached hydrogen (secondary N) is 1. The SMILES string of the molecule is CS(=O)(=O)c1ccc(Cl)c(NCc2ccccc2Br)c1. The molecule has 2 rings (SSSR count). The molecule has 1 N–H and O–H groups in total. The van der Waals surface area contributed by atoms with E-state index in [0.717, 1.165) is 10.0 Å². The molecule has 0 aliphatic heterocycles. The molecule has 3 nitrogen and oxygen atoms in total. The molecule has 0 saturated carbocycles. The van der Waals surface area contributed by atoms with E-state index in [1.54, 1.807) is 12.1 Å². The summed E-state index contributed by atoms with van der Waals surface area (Å²) in [7, 11) is -3.24. The fourth-order valence-corrected chi connectivity index (χ4v) is 2.96. The summed E-state index contributed by atoms with van der Waals surface area (Å²) in [6, 6.07) is 12.4. The number of hydrogen-bond acceptors (Lipinski definition) is 3. The van der Waals surface area contributed by atoms with E-state index in [4.69, 9.17) is 11.6 Å². The van der Waals surface area contributed by atoms with Crippen LogP contribution in [0.5, 0.6) is 0 Å². The maximum Gasteiger partial charge on any atom is 0.175 e. The third kappa shape index (κ3) is 3.75. The minimum absolute atomic E-state index is 0.247. The summed E-state index contributed by atoms with van der Waals surface area (Å²) < 4.78 is 24.1. The molecular formula is C14H13BrClNO2S. The fraction of sp³-hybridized carbons (Fsp3) is 0.143. The van der Waals surface area contributed by atoms with Gasteiger partial charge in [0.1, 0.15) is 0 Å². The molecule has 106 valence electrons. The van der Waals surface area contributed by atoms with Crippen molar-refractivity contribution in [1.29, 1.82) is 0 Å². The molecule has 0 fully saturated rings. The molecule has 20 heavy (non-hydrogen) atoms. The highest BCUT2D eigenvalue weighted by Crippen LogP contribution is 2.26. The van der Waals surface area contributed by atoms with Crippen molar-refractivity contribution in [2.45, 2.75) is 11.4 Å². The van der Waals surface area contributed by atoms with Crippen molar-refractivity contribution in [3.8, 4) is 0 Å². The maximum atomic E-state index is 11.5. The summed E-state index contributed by atoms with van der Waals surface area (Å²) in [6.07, 6.45) is 1.17. The van der Waals surface area contributed by atoms with Crippen LogP contribution in [-0.4, -0.2) is 14.7 Å². The molecule has 0 aromatic heterocycles. The van der Waals surface area contributed by atoms with E-state index in [0.29, 0.717) is 17.3 Å². The highest BCUT2D eigenvalue weighted by atomic mass is 79.9. The van der Waals surface area contributed by atoms with Gasteiger partial charge in [-0.3, -0.25) is 0 Å². The van der Waals surface area contributed by atoms with Gasteiger partial charge in [-0.15, -0.1) is 0 Å². The van der Waals surface area contributed by atoms with Crippen molar-refractivity contribution in [2.24, 2.45) is 0 Å². The van der Waals surface area contributed by atoms with Gasteiger partial charge >= 0.3 is 0 Å². The first-order valence-corrected chi connectivity index (χ1v) is 8.91. The van der Waals surface area contributed by atoms with Crippen LogP contribution in [0.1, 0.15) is 5.56 Å². The molecule has 2 aromatic rings. The van der Waals surface area contributed by atoms with Crippen LogP contribution in [0.15, 0.2) is 51.8 Å². The number of anilines is 1. The molecule has 0 saturated heterocycles. The number of hydrogen-bond donors (Lipinski definition) is 1. The molecule has 0 amide bonds. The quantitative estimate of drug-likeness (QED) is 0.875. The third-order valence-electron chi connectivity index (χ3n) is 2.79. The lowest BCUT2D eigenvalue weighted by atomic mass is 10.2. The van der Waals surface area contributed by atoms with Crippen LogP contribution in [0.2, 0.25) is 5.02 Å². The second kappa shape index (κ2) is 6.16. The fourth-order valence-electron chi connectivity index (χ4n) is 1.70. The van der Waals surface area contributed by atoms with Crippen molar-refractivity contribution < 1.29 is 8.42 Å². The Bertz CT molecular complexity index is 732. The van der Waals surface area contributed by atoms with Crippen LogP contribution in [-0.2, 0) is 16.4 Å². The van der Waals surface area contributed by atoms with E-state index < -0.39 is 9.84 Å². The minimum Gasteiger partial charge on any atom is -0.380 e. The lowest BCUT2D eigenvalue weighted by Gasteiger charge is -2.11. The number of halogens is 2. The van der Waals surface area contributed by atoms with Gasteiger partial charge in [0.15, 0.2) is 9.84 Å². The maximum absolute atomic E-state index is 11.5. The summed E-state index contributed by atoms with van der Waals surface area (Å²) in [5, 5.41) is 3.65. The van der Waals surface area contributed by atoms with Crippen molar-refractivity contribution in [2.75, 3.05) is 11.6 Å². The van der Waals surface area contributed by atoms with Gasteiger partial charge in [0.25, 0.3) is 0 Å². The van der Waals surface area contributed by atoms with Crippen LogP contribution in [0.3, 0.4) is 0 Å². The van der Waals surface area contributed by atoms with E-state index in [1.807, 2.05) is 24.3 Å². The first-order valence-electron chi connectivity index (χ1n) is 5.85. The Morgan fingerprint density at radius 2 is 1.90 bits per heavy atom. The third-order valence-corrected chi connectivity index (χ3v) is 5.01. The first-order chi connectivity index (χ1) is 9.38. The predicted molar refractivity (Wildman–Crippen MR) is 86.0 cm³/mol. The van der Waals surface area contributed by atoms with Gasteiger partial charge in [-0.1, -0.05) is 45.7 Å². The smallest absolute Gasteiger partial charge is 0.175 e. The van der Waals surface area contributed by atoms with Crippen LogP contribution in [0, 0.1) is 0 Å². The van der Waals surface area contributed by atoms with E-state index >= 15 is 0 Å². The van der Waals surface area contributed by atoms with Gasteiger partial charge in [0, 0.05) is 17.3 Å². The summed E-state index contributed by atoms with van der Waals surface area (Å²) in [4.78, 5) is 0.247. The minimum atomic E-state index is -3.24. The molecule has 0 radical (unpaired) electrons. The van der Waals surface area contributed by atoms with Crippen molar-refractivity contribution in [3.63, 3.8) is 0 Å². The van der Waals surface area contributed by atoms with Gasteiger partial charge in [0.2, 0.25) is 0 Å². The van der Waals surface area contributed by atoms with Crippen LogP contribution < -0.4 is 5.32 Å². The van der Waals surface area contributed by atoms with Crippen molar-refractivity contribution in [1.82, 2.24) is 0 Å². The Hall–Kier alpha value is -1.04. The zero-order chi connectivity index (χ0) is 14.8. The Morgan fingerprint density at radius 1 is 1.20 bits per heavy atom. The van der Waals surface area contributed by atoms with Gasteiger partial charge in [-0.25, -0.2) is 8.42 Å². The largest absolute Gasteiger partial charge is 0.380 e.